The smallest absolute Gasteiger partial charge is 0.243 e. The second-order valence-electron chi connectivity index (χ2n) is 5.51. The SMILES string of the molecule is Cc1cc(F)ccc1S(=O)(=O)N1CCC(C)(CN)C1. The predicted octanol–water partition coefficient (Wildman–Crippen LogP) is 1.49. The maximum Gasteiger partial charge on any atom is 0.243 e. The Hall–Kier alpha value is -0.980. The molecule has 0 radical (unpaired) electrons. The van der Waals surface area contributed by atoms with Gasteiger partial charge in [0, 0.05) is 13.1 Å². The molecule has 1 heterocycles. The molecule has 19 heavy (non-hydrogen) atoms. The average molecular weight is 286 g/mol. The third-order valence-electron chi connectivity index (χ3n) is 3.77. The summed E-state index contributed by atoms with van der Waals surface area (Å²) in [6.07, 6.45) is 0.753. The van der Waals surface area contributed by atoms with Gasteiger partial charge in [-0.2, -0.15) is 4.31 Å². The van der Waals surface area contributed by atoms with Crippen LogP contribution in [0.15, 0.2) is 23.1 Å². The monoisotopic (exact) mass is 286 g/mol. The zero-order chi connectivity index (χ0) is 14.3. The van der Waals surface area contributed by atoms with Crippen molar-refractivity contribution in [1.29, 1.82) is 0 Å². The summed E-state index contributed by atoms with van der Waals surface area (Å²) in [6.45, 7) is 4.94. The van der Waals surface area contributed by atoms with Crippen molar-refractivity contribution in [3.8, 4) is 0 Å². The van der Waals surface area contributed by atoms with E-state index < -0.39 is 15.8 Å². The van der Waals surface area contributed by atoms with Gasteiger partial charge >= 0.3 is 0 Å². The quantitative estimate of drug-likeness (QED) is 0.915. The Morgan fingerprint density at radius 2 is 2.16 bits per heavy atom. The van der Waals surface area contributed by atoms with Crippen molar-refractivity contribution < 1.29 is 12.8 Å². The van der Waals surface area contributed by atoms with Gasteiger partial charge in [0.15, 0.2) is 0 Å². The lowest BCUT2D eigenvalue weighted by atomic mass is 9.90. The minimum Gasteiger partial charge on any atom is -0.330 e. The van der Waals surface area contributed by atoms with Crippen LogP contribution in [0.3, 0.4) is 0 Å². The zero-order valence-corrected chi connectivity index (χ0v) is 12.0. The fourth-order valence-electron chi connectivity index (χ4n) is 2.39. The van der Waals surface area contributed by atoms with Crippen LogP contribution in [-0.4, -0.2) is 32.4 Å². The fraction of sp³-hybridized carbons (Fsp3) is 0.538. The zero-order valence-electron chi connectivity index (χ0n) is 11.2. The highest BCUT2D eigenvalue weighted by molar-refractivity contribution is 7.89. The molecule has 6 heteroatoms. The third kappa shape index (κ3) is 2.66. The minimum atomic E-state index is -3.56. The van der Waals surface area contributed by atoms with Crippen LogP contribution in [0.4, 0.5) is 4.39 Å². The Bertz CT molecular complexity index is 588. The van der Waals surface area contributed by atoms with Gasteiger partial charge in [-0.15, -0.1) is 0 Å². The van der Waals surface area contributed by atoms with Gasteiger partial charge in [0.1, 0.15) is 5.82 Å². The average Bonchev–Trinajstić information content (AvgIpc) is 2.73. The number of hydrogen-bond acceptors (Lipinski definition) is 3. The molecular weight excluding hydrogens is 267 g/mol. The summed E-state index contributed by atoms with van der Waals surface area (Å²) in [5.41, 5.74) is 5.96. The molecule has 0 aliphatic carbocycles. The maximum atomic E-state index is 13.1. The predicted molar refractivity (Wildman–Crippen MR) is 71.7 cm³/mol. The molecular formula is C13H19FN2O2S. The van der Waals surface area contributed by atoms with Crippen LogP contribution in [0, 0.1) is 18.2 Å². The number of halogens is 1. The first kappa shape index (κ1) is 14.4. The van der Waals surface area contributed by atoms with E-state index in [0.717, 1.165) is 6.42 Å². The van der Waals surface area contributed by atoms with E-state index in [-0.39, 0.29) is 10.3 Å². The van der Waals surface area contributed by atoms with E-state index in [4.69, 9.17) is 5.73 Å². The van der Waals surface area contributed by atoms with Gasteiger partial charge in [-0.05, 0) is 49.1 Å². The molecule has 0 spiro atoms. The Morgan fingerprint density at radius 3 is 2.68 bits per heavy atom. The first-order valence-electron chi connectivity index (χ1n) is 6.25. The molecule has 106 valence electrons. The van der Waals surface area contributed by atoms with E-state index in [9.17, 15) is 12.8 Å². The first-order valence-corrected chi connectivity index (χ1v) is 7.69. The molecule has 0 amide bonds. The Balaban J connectivity index is 2.34. The van der Waals surface area contributed by atoms with Crippen molar-refractivity contribution in [3.05, 3.63) is 29.6 Å². The summed E-state index contributed by atoms with van der Waals surface area (Å²) in [6, 6.07) is 3.75. The minimum absolute atomic E-state index is 0.166. The van der Waals surface area contributed by atoms with Gasteiger partial charge < -0.3 is 5.73 Å². The van der Waals surface area contributed by atoms with Gasteiger partial charge in [0.2, 0.25) is 10.0 Å². The van der Waals surface area contributed by atoms with Crippen molar-refractivity contribution in [2.45, 2.75) is 25.2 Å². The van der Waals surface area contributed by atoms with E-state index in [1.54, 1.807) is 6.92 Å². The van der Waals surface area contributed by atoms with Crippen molar-refractivity contribution >= 4 is 10.0 Å². The lowest BCUT2D eigenvalue weighted by molar-refractivity contribution is 0.349. The normalized spacial score (nSPS) is 24.8. The summed E-state index contributed by atoms with van der Waals surface area (Å²) in [5, 5.41) is 0. The van der Waals surface area contributed by atoms with Crippen LogP contribution in [0.2, 0.25) is 0 Å². The van der Waals surface area contributed by atoms with Crippen LogP contribution in [0.5, 0.6) is 0 Å². The second kappa shape index (κ2) is 4.85. The molecule has 4 nitrogen and oxygen atoms in total. The van der Waals surface area contributed by atoms with Crippen LogP contribution in [0.25, 0.3) is 0 Å². The Labute approximate surface area is 113 Å². The van der Waals surface area contributed by atoms with Gasteiger partial charge in [0.05, 0.1) is 4.90 Å². The molecule has 2 N–H and O–H groups in total. The van der Waals surface area contributed by atoms with E-state index in [1.807, 2.05) is 6.92 Å². The van der Waals surface area contributed by atoms with Gasteiger partial charge in [0.25, 0.3) is 0 Å². The Kier molecular flexibility index (Phi) is 3.68. The number of sulfonamides is 1. The number of nitrogens with two attached hydrogens (primary N) is 1. The maximum absolute atomic E-state index is 13.1. The number of rotatable bonds is 3. The summed E-state index contributed by atoms with van der Waals surface area (Å²) in [5.74, 6) is -0.426. The second-order valence-corrected chi connectivity index (χ2v) is 7.42. The van der Waals surface area contributed by atoms with Crippen molar-refractivity contribution in [1.82, 2.24) is 4.31 Å². The first-order chi connectivity index (χ1) is 8.78. The molecule has 0 aromatic heterocycles. The van der Waals surface area contributed by atoms with E-state index >= 15 is 0 Å². The number of nitrogens with zero attached hydrogens (tertiary/aromatic N) is 1. The molecule has 1 aromatic carbocycles. The number of aryl methyl sites for hydroxylation is 1. The largest absolute Gasteiger partial charge is 0.330 e. The molecule has 1 saturated heterocycles. The van der Waals surface area contributed by atoms with E-state index in [2.05, 4.69) is 0 Å². The van der Waals surface area contributed by atoms with Gasteiger partial charge in [-0.1, -0.05) is 6.92 Å². The van der Waals surface area contributed by atoms with Gasteiger partial charge in [-0.3, -0.25) is 0 Å². The fourth-order valence-corrected chi connectivity index (χ4v) is 4.19. The molecule has 1 unspecified atom stereocenters. The van der Waals surface area contributed by atoms with Crippen LogP contribution < -0.4 is 5.73 Å². The van der Waals surface area contributed by atoms with Gasteiger partial charge in [-0.25, -0.2) is 12.8 Å². The summed E-state index contributed by atoms with van der Waals surface area (Å²) < 4.78 is 39.6. The van der Waals surface area contributed by atoms with Crippen LogP contribution in [0.1, 0.15) is 18.9 Å². The molecule has 0 saturated carbocycles. The molecule has 0 bridgehead atoms. The summed E-state index contributed by atoms with van der Waals surface area (Å²) in [7, 11) is -3.56. The van der Waals surface area contributed by atoms with E-state index in [1.165, 1.54) is 22.5 Å². The lowest BCUT2D eigenvalue weighted by Gasteiger charge is -2.22. The van der Waals surface area contributed by atoms with Crippen LogP contribution >= 0.6 is 0 Å². The summed E-state index contributed by atoms with van der Waals surface area (Å²) >= 11 is 0. The standard InChI is InChI=1S/C13H19FN2O2S/c1-10-7-11(14)3-4-12(10)19(17,18)16-6-5-13(2,8-15)9-16/h3-4,7H,5-6,8-9,15H2,1-2H3. The molecule has 1 fully saturated rings. The van der Waals surface area contributed by atoms with Crippen molar-refractivity contribution in [2.24, 2.45) is 11.1 Å². The Morgan fingerprint density at radius 1 is 1.47 bits per heavy atom. The van der Waals surface area contributed by atoms with E-state index in [0.29, 0.717) is 25.2 Å². The molecule has 1 aliphatic heterocycles. The highest BCUT2D eigenvalue weighted by atomic mass is 32.2. The highest BCUT2D eigenvalue weighted by Gasteiger charge is 2.39. The van der Waals surface area contributed by atoms with Crippen LogP contribution in [-0.2, 0) is 10.0 Å². The molecule has 1 aliphatic rings. The molecule has 2 rings (SSSR count). The van der Waals surface area contributed by atoms with Crippen molar-refractivity contribution in [3.63, 3.8) is 0 Å². The molecule has 1 aromatic rings. The highest BCUT2D eigenvalue weighted by Crippen LogP contribution is 2.33. The number of hydrogen-bond donors (Lipinski definition) is 1. The lowest BCUT2D eigenvalue weighted by Crippen LogP contribution is -2.34. The molecule has 1 atom stereocenters. The topological polar surface area (TPSA) is 63.4 Å². The summed E-state index contributed by atoms with van der Waals surface area (Å²) in [4.78, 5) is 0.176. The number of benzene rings is 1. The third-order valence-corrected chi connectivity index (χ3v) is 5.78. The van der Waals surface area contributed by atoms with Crippen molar-refractivity contribution in [2.75, 3.05) is 19.6 Å².